The van der Waals surface area contributed by atoms with Crippen molar-refractivity contribution in [2.75, 3.05) is 12.0 Å². The fourth-order valence-electron chi connectivity index (χ4n) is 3.65. The van der Waals surface area contributed by atoms with Crippen LogP contribution in [-0.2, 0) is 9.59 Å². The lowest BCUT2D eigenvalue weighted by atomic mass is 9.94. The van der Waals surface area contributed by atoms with Crippen LogP contribution in [0.1, 0.15) is 22.7 Å². The average Bonchev–Trinajstić information content (AvgIpc) is 3.04. The molecule has 0 spiro atoms. The minimum atomic E-state index is -0.855. The monoisotopic (exact) mass is 400 g/mol. The lowest BCUT2D eigenvalue weighted by molar-refractivity contribution is -0.132. The Kier molecular flexibility index (Phi) is 5.06. The molecule has 2 heterocycles. The van der Waals surface area contributed by atoms with Crippen LogP contribution in [0.25, 0.3) is 5.76 Å². The summed E-state index contributed by atoms with van der Waals surface area (Å²) in [6.07, 6.45) is 3.10. The number of carbonyl (C=O) groups excluding carboxylic acids is 2. The zero-order valence-electron chi connectivity index (χ0n) is 16.6. The number of carbonyl (C=O) groups is 2. The summed E-state index contributed by atoms with van der Waals surface area (Å²) in [6.45, 7) is 1.93. The predicted molar refractivity (Wildman–Crippen MR) is 113 cm³/mol. The van der Waals surface area contributed by atoms with Crippen molar-refractivity contribution < 1.29 is 19.4 Å². The third-order valence-corrected chi connectivity index (χ3v) is 5.13. The van der Waals surface area contributed by atoms with E-state index in [0.717, 1.165) is 5.56 Å². The maximum absolute atomic E-state index is 13.1. The number of aliphatic hydroxyl groups is 1. The number of methoxy groups -OCH3 is 1. The molecule has 1 amide bonds. The molecule has 1 saturated heterocycles. The molecule has 4 rings (SSSR count). The summed E-state index contributed by atoms with van der Waals surface area (Å²) in [6, 6.07) is 16.8. The molecule has 1 atom stereocenters. The van der Waals surface area contributed by atoms with Crippen molar-refractivity contribution in [2.45, 2.75) is 13.0 Å². The van der Waals surface area contributed by atoms with E-state index >= 15 is 0 Å². The van der Waals surface area contributed by atoms with E-state index < -0.39 is 17.7 Å². The van der Waals surface area contributed by atoms with Gasteiger partial charge in [0.1, 0.15) is 11.5 Å². The first-order chi connectivity index (χ1) is 14.5. The summed E-state index contributed by atoms with van der Waals surface area (Å²) >= 11 is 0. The smallest absolute Gasteiger partial charge is 0.300 e. The first-order valence-electron chi connectivity index (χ1n) is 9.44. The first kappa shape index (κ1) is 19.4. The van der Waals surface area contributed by atoms with Crippen LogP contribution >= 0.6 is 0 Å². The average molecular weight is 400 g/mol. The highest BCUT2D eigenvalue weighted by Crippen LogP contribution is 2.44. The molecule has 6 heteroatoms. The van der Waals surface area contributed by atoms with Gasteiger partial charge < -0.3 is 9.84 Å². The second-order valence-electron chi connectivity index (χ2n) is 6.99. The second kappa shape index (κ2) is 7.83. The van der Waals surface area contributed by atoms with E-state index in [-0.39, 0.29) is 11.3 Å². The molecule has 150 valence electrons. The molecule has 1 aliphatic heterocycles. The normalized spacial score (nSPS) is 17.9. The van der Waals surface area contributed by atoms with Gasteiger partial charge in [-0.15, -0.1) is 0 Å². The summed E-state index contributed by atoms with van der Waals surface area (Å²) in [4.78, 5) is 31.6. The number of anilines is 1. The Morgan fingerprint density at radius 1 is 1.03 bits per heavy atom. The van der Waals surface area contributed by atoms with Gasteiger partial charge in [0.2, 0.25) is 0 Å². The Balaban J connectivity index is 1.98. The number of aliphatic hydroxyl groups excluding tert-OH is 1. The van der Waals surface area contributed by atoms with E-state index in [1.165, 1.54) is 18.2 Å². The molecule has 0 bridgehead atoms. The largest absolute Gasteiger partial charge is 0.507 e. The number of ketones is 1. The van der Waals surface area contributed by atoms with Crippen LogP contribution in [0, 0.1) is 6.92 Å². The number of benzene rings is 2. The van der Waals surface area contributed by atoms with Gasteiger partial charge in [-0.25, -0.2) is 0 Å². The molecule has 2 aromatic carbocycles. The highest BCUT2D eigenvalue weighted by Gasteiger charge is 2.47. The molecule has 1 N–H and O–H groups in total. The molecule has 1 aromatic heterocycles. The Hall–Kier alpha value is -3.93. The summed E-state index contributed by atoms with van der Waals surface area (Å²) in [5.74, 6) is -1.20. The van der Waals surface area contributed by atoms with Crippen molar-refractivity contribution in [1.82, 2.24) is 4.98 Å². The van der Waals surface area contributed by atoms with Gasteiger partial charge in [0.25, 0.3) is 11.7 Å². The molecule has 0 saturated carbocycles. The molecule has 0 aliphatic carbocycles. The highest BCUT2D eigenvalue weighted by molar-refractivity contribution is 6.51. The quantitative estimate of drug-likeness (QED) is 0.406. The third-order valence-electron chi connectivity index (χ3n) is 5.13. The van der Waals surface area contributed by atoms with Gasteiger partial charge in [0.05, 0.1) is 30.6 Å². The van der Waals surface area contributed by atoms with Gasteiger partial charge in [0.15, 0.2) is 0 Å². The Labute approximate surface area is 174 Å². The number of ether oxygens (including phenoxy) is 1. The van der Waals surface area contributed by atoms with Crippen molar-refractivity contribution in [1.29, 1.82) is 0 Å². The van der Waals surface area contributed by atoms with Crippen molar-refractivity contribution in [3.8, 4) is 5.75 Å². The number of aromatic nitrogens is 1. The van der Waals surface area contributed by atoms with Crippen molar-refractivity contribution in [2.24, 2.45) is 0 Å². The molecule has 3 aromatic rings. The number of aryl methyl sites for hydroxylation is 1. The molecule has 6 nitrogen and oxygen atoms in total. The van der Waals surface area contributed by atoms with Crippen LogP contribution in [0.15, 0.2) is 78.6 Å². The van der Waals surface area contributed by atoms with Crippen LogP contribution in [0.2, 0.25) is 0 Å². The number of amides is 1. The zero-order chi connectivity index (χ0) is 21.3. The van der Waals surface area contributed by atoms with Crippen molar-refractivity contribution in [3.63, 3.8) is 0 Å². The van der Waals surface area contributed by atoms with E-state index in [1.54, 1.807) is 54.7 Å². The molecule has 0 radical (unpaired) electrons. The summed E-state index contributed by atoms with van der Waals surface area (Å²) < 4.78 is 5.49. The van der Waals surface area contributed by atoms with Gasteiger partial charge in [-0.2, -0.15) is 0 Å². The van der Waals surface area contributed by atoms with E-state index in [1.807, 2.05) is 19.1 Å². The lowest BCUT2D eigenvalue weighted by Crippen LogP contribution is -2.29. The lowest BCUT2D eigenvalue weighted by Gasteiger charge is -2.26. The van der Waals surface area contributed by atoms with Gasteiger partial charge in [-0.05, 0) is 25.1 Å². The summed E-state index contributed by atoms with van der Waals surface area (Å²) in [5, 5.41) is 11.1. The Morgan fingerprint density at radius 3 is 2.43 bits per heavy atom. The van der Waals surface area contributed by atoms with Crippen molar-refractivity contribution >= 4 is 23.1 Å². The molecule has 1 fully saturated rings. The Morgan fingerprint density at radius 2 is 1.77 bits per heavy atom. The summed E-state index contributed by atoms with van der Waals surface area (Å²) in [7, 11) is 1.52. The number of rotatable bonds is 4. The minimum Gasteiger partial charge on any atom is -0.507 e. The zero-order valence-corrected chi connectivity index (χ0v) is 16.6. The van der Waals surface area contributed by atoms with Crippen molar-refractivity contribution in [3.05, 3.63) is 95.3 Å². The van der Waals surface area contributed by atoms with Crippen LogP contribution in [0.3, 0.4) is 0 Å². The number of nitrogens with zero attached hydrogens (tertiary/aromatic N) is 2. The highest BCUT2D eigenvalue weighted by atomic mass is 16.5. The number of hydrogen-bond donors (Lipinski definition) is 1. The molecule has 1 aliphatic rings. The molecular weight excluding hydrogens is 380 g/mol. The first-order valence-corrected chi connectivity index (χ1v) is 9.44. The fraction of sp³-hybridized carbons (Fsp3) is 0.125. The SMILES string of the molecule is COc1ccccc1C1/C(=C(\O)c2ccc(C)cc2)C(=O)C(=O)N1c1cccnc1. The molecule has 1 unspecified atom stereocenters. The number of para-hydroxylation sites is 1. The minimum absolute atomic E-state index is 0.0113. The fourth-order valence-corrected chi connectivity index (χ4v) is 3.65. The van der Waals surface area contributed by atoms with Gasteiger partial charge in [0, 0.05) is 17.3 Å². The number of pyridine rings is 1. The van der Waals surface area contributed by atoms with Crippen LogP contribution in [0.5, 0.6) is 5.75 Å². The third kappa shape index (κ3) is 3.22. The van der Waals surface area contributed by atoms with E-state index in [2.05, 4.69) is 4.98 Å². The second-order valence-corrected chi connectivity index (χ2v) is 6.99. The van der Waals surface area contributed by atoms with Gasteiger partial charge in [-0.1, -0.05) is 48.0 Å². The number of hydrogen-bond acceptors (Lipinski definition) is 5. The standard InChI is InChI=1S/C24H20N2O4/c1-15-9-11-16(12-10-15)22(27)20-21(18-7-3-4-8-19(18)30-2)26(24(29)23(20)28)17-6-5-13-25-14-17/h3-14,21,27H,1-2H3/b22-20+. The van der Waals surface area contributed by atoms with E-state index in [4.69, 9.17) is 4.74 Å². The predicted octanol–water partition coefficient (Wildman–Crippen LogP) is 4.02. The van der Waals surface area contributed by atoms with Crippen LogP contribution < -0.4 is 9.64 Å². The van der Waals surface area contributed by atoms with Crippen LogP contribution in [-0.4, -0.2) is 28.9 Å². The topological polar surface area (TPSA) is 79.7 Å². The van der Waals surface area contributed by atoms with Crippen LogP contribution in [0.4, 0.5) is 5.69 Å². The number of Topliss-reactive ketones (excluding diaryl/α,β-unsaturated/α-hetero) is 1. The van der Waals surface area contributed by atoms with Gasteiger partial charge in [-0.3, -0.25) is 19.5 Å². The van der Waals surface area contributed by atoms with Gasteiger partial charge >= 0.3 is 0 Å². The van der Waals surface area contributed by atoms with E-state index in [0.29, 0.717) is 22.6 Å². The Bertz CT molecular complexity index is 1140. The van der Waals surface area contributed by atoms with E-state index in [9.17, 15) is 14.7 Å². The molecule has 30 heavy (non-hydrogen) atoms. The maximum Gasteiger partial charge on any atom is 0.300 e. The molecular formula is C24H20N2O4. The summed E-state index contributed by atoms with van der Waals surface area (Å²) in [5.41, 5.74) is 2.54. The maximum atomic E-state index is 13.1.